The van der Waals surface area contributed by atoms with E-state index in [0.29, 0.717) is 0 Å². The van der Waals surface area contributed by atoms with E-state index in [2.05, 4.69) is 6.58 Å². The maximum atomic E-state index is 3.56. The molecule has 1 heteroatoms. The van der Waals surface area contributed by atoms with Crippen molar-refractivity contribution in [2.24, 2.45) is 0 Å². The first-order valence-corrected chi connectivity index (χ1v) is 1.35. The third kappa shape index (κ3) is 208. The third-order valence-corrected chi connectivity index (χ3v) is 0. The van der Waals surface area contributed by atoms with Crippen molar-refractivity contribution in [3.05, 3.63) is 12.2 Å². The Labute approximate surface area is 45.4 Å². The summed E-state index contributed by atoms with van der Waals surface area (Å²) in [4.78, 5) is 0. The number of hydrogen-bond donors (Lipinski definition) is 0. The summed E-state index contributed by atoms with van der Waals surface area (Å²) < 4.78 is 0. The summed E-state index contributed by atoms with van der Waals surface area (Å²) in [6.07, 6.45) is 0. The first-order chi connectivity index (χ1) is 1.73. The molecular weight excluding hydrogens is 55.0 g/mol. The minimum absolute atomic E-state index is 0. The molecule has 0 aromatic carbocycles. The average Bonchev–Trinajstić information content (AvgIpc) is 0.811. The molecular formula is C4H8Li. The van der Waals surface area contributed by atoms with Gasteiger partial charge in [-0.1, -0.05) is 5.57 Å². The Hall–Kier alpha value is 0.337. The van der Waals surface area contributed by atoms with E-state index < -0.39 is 0 Å². The molecule has 0 aromatic heterocycles. The Balaban J connectivity index is 0. The molecule has 0 spiro atoms. The minimum Gasteiger partial charge on any atom is -0.100 e. The molecule has 0 saturated heterocycles. The van der Waals surface area contributed by atoms with Crippen molar-refractivity contribution in [3.8, 4) is 0 Å². The van der Waals surface area contributed by atoms with E-state index in [4.69, 9.17) is 0 Å². The molecule has 0 fully saturated rings. The molecule has 0 unspecified atom stereocenters. The average molecular weight is 63.0 g/mol. The van der Waals surface area contributed by atoms with Gasteiger partial charge in [0.15, 0.2) is 0 Å². The van der Waals surface area contributed by atoms with Crippen molar-refractivity contribution in [1.29, 1.82) is 0 Å². The van der Waals surface area contributed by atoms with Crippen molar-refractivity contribution < 1.29 is 0 Å². The Bertz CT molecular complexity index is 26.6. The fourth-order valence-electron chi connectivity index (χ4n) is 0. The smallest absolute Gasteiger partial charge is 0 e. The Kier molecular flexibility index (Phi) is 7.82. The number of rotatable bonds is 0. The van der Waals surface area contributed by atoms with Gasteiger partial charge in [-0.2, -0.15) is 0 Å². The van der Waals surface area contributed by atoms with Crippen molar-refractivity contribution in [1.82, 2.24) is 0 Å². The number of hydrogen-bond acceptors (Lipinski definition) is 0. The van der Waals surface area contributed by atoms with E-state index in [9.17, 15) is 0 Å². The molecule has 0 N–H and O–H groups in total. The molecule has 25 valence electrons. The van der Waals surface area contributed by atoms with Gasteiger partial charge in [0.25, 0.3) is 0 Å². The summed E-state index contributed by atoms with van der Waals surface area (Å²) in [6, 6.07) is 0. The van der Waals surface area contributed by atoms with E-state index in [1.165, 1.54) is 5.57 Å². The van der Waals surface area contributed by atoms with Crippen molar-refractivity contribution >= 4 is 18.9 Å². The fourth-order valence-corrected chi connectivity index (χ4v) is 0. The molecule has 0 heterocycles. The summed E-state index contributed by atoms with van der Waals surface area (Å²) in [6.45, 7) is 7.50. The van der Waals surface area contributed by atoms with E-state index in [0.717, 1.165) is 0 Å². The first-order valence-electron chi connectivity index (χ1n) is 1.35. The van der Waals surface area contributed by atoms with Crippen LogP contribution in [0.2, 0.25) is 0 Å². The molecule has 0 aliphatic heterocycles. The SMILES string of the molecule is C=C(C)C.[Li]. The van der Waals surface area contributed by atoms with Crippen LogP contribution in [0.25, 0.3) is 0 Å². The zero-order valence-electron chi connectivity index (χ0n) is 4.21. The van der Waals surface area contributed by atoms with Crippen LogP contribution in [0.4, 0.5) is 0 Å². The third-order valence-electron chi connectivity index (χ3n) is 0. The zero-order chi connectivity index (χ0) is 3.58. The van der Waals surface area contributed by atoms with E-state index in [1.54, 1.807) is 0 Å². The van der Waals surface area contributed by atoms with Gasteiger partial charge in [0, 0.05) is 18.9 Å². The first kappa shape index (κ1) is 9.02. The molecule has 0 aliphatic rings. The summed E-state index contributed by atoms with van der Waals surface area (Å²) >= 11 is 0. The van der Waals surface area contributed by atoms with Crippen LogP contribution in [0.3, 0.4) is 0 Å². The summed E-state index contributed by atoms with van der Waals surface area (Å²) in [5.41, 5.74) is 1.17. The van der Waals surface area contributed by atoms with Gasteiger partial charge in [-0.05, 0) is 13.8 Å². The van der Waals surface area contributed by atoms with Crippen LogP contribution in [0.15, 0.2) is 12.2 Å². The van der Waals surface area contributed by atoms with Gasteiger partial charge in [-0.15, -0.1) is 6.58 Å². The van der Waals surface area contributed by atoms with Crippen LogP contribution in [-0.4, -0.2) is 18.9 Å². The molecule has 0 atom stereocenters. The van der Waals surface area contributed by atoms with Crippen LogP contribution in [0.1, 0.15) is 13.8 Å². The van der Waals surface area contributed by atoms with E-state index >= 15 is 0 Å². The van der Waals surface area contributed by atoms with Crippen LogP contribution >= 0.6 is 0 Å². The van der Waals surface area contributed by atoms with E-state index in [-0.39, 0.29) is 18.9 Å². The number of allylic oxidation sites excluding steroid dienone is 1. The topological polar surface area (TPSA) is 0 Å². The molecule has 0 nitrogen and oxygen atoms in total. The molecule has 0 rings (SSSR count). The minimum atomic E-state index is 0. The molecule has 0 saturated carbocycles. The molecule has 0 aromatic rings. The van der Waals surface area contributed by atoms with Gasteiger partial charge in [-0.25, -0.2) is 0 Å². The van der Waals surface area contributed by atoms with Crippen LogP contribution in [0.5, 0.6) is 0 Å². The van der Waals surface area contributed by atoms with Crippen molar-refractivity contribution in [3.63, 3.8) is 0 Å². The maximum absolute atomic E-state index is 3.56. The molecule has 0 aliphatic carbocycles. The summed E-state index contributed by atoms with van der Waals surface area (Å²) in [5, 5.41) is 0. The van der Waals surface area contributed by atoms with Gasteiger partial charge in [0.05, 0.1) is 0 Å². The van der Waals surface area contributed by atoms with Crippen LogP contribution in [-0.2, 0) is 0 Å². The zero-order valence-corrected chi connectivity index (χ0v) is 4.21. The summed E-state index contributed by atoms with van der Waals surface area (Å²) in [7, 11) is 0. The monoisotopic (exact) mass is 63.1 g/mol. The Morgan fingerprint density at radius 2 is 1.40 bits per heavy atom. The Morgan fingerprint density at radius 1 is 1.40 bits per heavy atom. The normalized spacial score (nSPS) is 5.20. The van der Waals surface area contributed by atoms with E-state index in [1.807, 2.05) is 13.8 Å². The van der Waals surface area contributed by atoms with Crippen molar-refractivity contribution in [2.75, 3.05) is 0 Å². The molecule has 0 amide bonds. The largest absolute Gasteiger partial charge is 0.100 e. The second kappa shape index (κ2) is 4.34. The van der Waals surface area contributed by atoms with Gasteiger partial charge >= 0.3 is 0 Å². The van der Waals surface area contributed by atoms with Crippen LogP contribution in [0, 0.1) is 0 Å². The quantitative estimate of drug-likeness (QED) is 0.293. The second-order valence-corrected chi connectivity index (χ2v) is 1.21. The molecule has 1 radical (unpaired) electrons. The predicted molar refractivity (Wildman–Crippen MR) is 26.2 cm³/mol. The maximum Gasteiger partial charge on any atom is 0 e. The Morgan fingerprint density at radius 3 is 1.40 bits per heavy atom. The second-order valence-electron chi connectivity index (χ2n) is 1.21. The van der Waals surface area contributed by atoms with Gasteiger partial charge in [0.1, 0.15) is 0 Å². The predicted octanol–water partition coefficient (Wildman–Crippen LogP) is 1.20. The van der Waals surface area contributed by atoms with Gasteiger partial charge in [0.2, 0.25) is 0 Å². The molecule has 0 bridgehead atoms. The standard InChI is InChI=1S/C4H8.Li/c1-4(2)3;/h1H2,2-3H3;. The fraction of sp³-hybridized carbons (Fsp3) is 0.500. The van der Waals surface area contributed by atoms with Gasteiger partial charge in [-0.3, -0.25) is 0 Å². The summed E-state index contributed by atoms with van der Waals surface area (Å²) in [5.74, 6) is 0. The van der Waals surface area contributed by atoms with Gasteiger partial charge < -0.3 is 0 Å². The molecule has 5 heavy (non-hydrogen) atoms. The van der Waals surface area contributed by atoms with Crippen molar-refractivity contribution in [2.45, 2.75) is 13.8 Å². The van der Waals surface area contributed by atoms with Crippen LogP contribution < -0.4 is 0 Å².